The predicted octanol–water partition coefficient (Wildman–Crippen LogP) is 4.12. The standard InChI is InChI=1S/C25H24ClFN4O4S/c1-36(34,35)23-5-3-2-4-19(23)15-6-11-21(20(27)12-15)30-24(32)22-13-17(28)14-31(22)25(33)29-18-9-7-16(26)8-10-18/h2-12,17,22H,13-14,28H2,1H3,(H,29,33)(H,30,32)/t17-,22-/m1/s1. The average Bonchev–Trinajstić information content (AvgIpc) is 3.23. The smallest absolute Gasteiger partial charge is 0.322 e. The number of sulfone groups is 1. The maximum absolute atomic E-state index is 15.0. The second-order valence-corrected chi connectivity index (χ2v) is 11.0. The molecule has 0 saturated carbocycles. The number of hydrogen-bond acceptors (Lipinski definition) is 5. The molecule has 0 bridgehead atoms. The zero-order valence-corrected chi connectivity index (χ0v) is 20.8. The fraction of sp³-hybridized carbons (Fsp3) is 0.200. The number of carbonyl (C=O) groups is 2. The van der Waals surface area contributed by atoms with Crippen LogP contribution in [0, 0.1) is 5.82 Å². The minimum absolute atomic E-state index is 0.0727. The molecule has 1 aliphatic rings. The first-order valence-corrected chi connectivity index (χ1v) is 13.3. The predicted molar refractivity (Wildman–Crippen MR) is 137 cm³/mol. The van der Waals surface area contributed by atoms with Crippen molar-refractivity contribution in [1.82, 2.24) is 4.90 Å². The molecule has 1 aliphatic heterocycles. The molecule has 2 atom stereocenters. The maximum atomic E-state index is 15.0. The number of amides is 3. The maximum Gasteiger partial charge on any atom is 0.322 e. The molecule has 0 unspecified atom stereocenters. The second kappa shape index (κ2) is 10.3. The first kappa shape index (κ1) is 25.6. The molecule has 4 N–H and O–H groups in total. The highest BCUT2D eigenvalue weighted by Crippen LogP contribution is 2.30. The Hall–Kier alpha value is -3.47. The van der Waals surface area contributed by atoms with Gasteiger partial charge in [0.25, 0.3) is 0 Å². The van der Waals surface area contributed by atoms with E-state index >= 15 is 0 Å². The summed E-state index contributed by atoms with van der Waals surface area (Å²) in [7, 11) is -3.53. The van der Waals surface area contributed by atoms with Crippen molar-refractivity contribution in [2.75, 3.05) is 23.4 Å². The monoisotopic (exact) mass is 530 g/mol. The zero-order chi connectivity index (χ0) is 26.0. The molecule has 8 nitrogen and oxygen atoms in total. The molecule has 3 aromatic carbocycles. The molecule has 36 heavy (non-hydrogen) atoms. The SMILES string of the molecule is CS(=O)(=O)c1ccccc1-c1ccc(NC(=O)[C@H]2C[C@@H](N)CN2C(=O)Nc2ccc(Cl)cc2)c(F)c1. The molecule has 4 rings (SSSR count). The highest BCUT2D eigenvalue weighted by molar-refractivity contribution is 7.90. The zero-order valence-electron chi connectivity index (χ0n) is 19.2. The van der Waals surface area contributed by atoms with Gasteiger partial charge >= 0.3 is 6.03 Å². The highest BCUT2D eigenvalue weighted by Gasteiger charge is 2.38. The van der Waals surface area contributed by atoms with Crippen molar-refractivity contribution in [3.63, 3.8) is 0 Å². The van der Waals surface area contributed by atoms with Gasteiger partial charge in [0.1, 0.15) is 11.9 Å². The van der Waals surface area contributed by atoms with Crippen molar-refractivity contribution >= 4 is 44.8 Å². The molecule has 0 spiro atoms. The van der Waals surface area contributed by atoms with Crippen LogP contribution in [0.25, 0.3) is 11.1 Å². The third-order valence-electron chi connectivity index (χ3n) is 5.82. The van der Waals surface area contributed by atoms with Gasteiger partial charge in [-0.25, -0.2) is 17.6 Å². The fourth-order valence-electron chi connectivity index (χ4n) is 4.10. The third kappa shape index (κ3) is 5.67. The molecule has 11 heteroatoms. The van der Waals surface area contributed by atoms with Crippen LogP contribution in [0.4, 0.5) is 20.6 Å². The summed E-state index contributed by atoms with van der Waals surface area (Å²) in [6.45, 7) is 0.154. The van der Waals surface area contributed by atoms with Gasteiger partial charge in [0, 0.05) is 35.1 Å². The fourth-order valence-corrected chi connectivity index (χ4v) is 5.14. The number of halogens is 2. The van der Waals surface area contributed by atoms with Crippen LogP contribution in [0.15, 0.2) is 71.6 Å². The van der Waals surface area contributed by atoms with E-state index in [0.29, 0.717) is 21.8 Å². The van der Waals surface area contributed by atoms with E-state index in [-0.39, 0.29) is 23.5 Å². The van der Waals surface area contributed by atoms with E-state index in [1.807, 2.05) is 0 Å². The third-order valence-corrected chi connectivity index (χ3v) is 7.22. The lowest BCUT2D eigenvalue weighted by Crippen LogP contribution is -2.45. The first-order valence-electron chi connectivity index (χ1n) is 11.0. The van der Waals surface area contributed by atoms with Gasteiger partial charge in [0.15, 0.2) is 9.84 Å². The van der Waals surface area contributed by atoms with Gasteiger partial charge in [-0.15, -0.1) is 0 Å². The van der Waals surface area contributed by atoms with Crippen LogP contribution in [-0.2, 0) is 14.6 Å². The molecule has 0 radical (unpaired) electrons. The van der Waals surface area contributed by atoms with Crippen molar-refractivity contribution in [3.05, 3.63) is 77.6 Å². The Kier molecular flexibility index (Phi) is 7.30. The van der Waals surface area contributed by atoms with Gasteiger partial charge in [0.05, 0.1) is 10.6 Å². The van der Waals surface area contributed by atoms with Crippen molar-refractivity contribution in [3.8, 4) is 11.1 Å². The molecule has 3 aromatic rings. The molecule has 1 fully saturated rings. The van der Waals surface area contributed by atoms with Gasteiger partial charge in [-0.05, 0) is 54.4 Å². The Morgan fingerprint density at radius 1 is 1.06 bits per heavy atom. The number of anilines is 2. The summed E-state index contributed by atoms with van der Waals surface area (Å²) in [6.07, 6.45) is 1.29. The Morgan fingerprint density at radius 3 is 2.42 bits per heavy atom. The van der Waals surface area contributed by atoms with Crippen LogP contribution in [0.5, 0.6) is 0 Å². The molecule has 0 aliphatic carbocycles. The Bertz CT molecular complexity index is 1420. The summed E-state index contributed by atoms with van der Waals surface area (Å²) in [6, 6.07) is 15.0. The molecular formula is C25H24ClFN4O4S. The quantitative estimate of drug-likeness (QED) is 0.458. The van der Waals surface area contributed by atoms with E-state index in [2.05, 4.69) is 10.6 Å². The van der Waals surface area contributed by atoms with Crippen molar-refractivity contribution in [1.29, 1.82) is 0 Å². The molecule has 1 heterocycles. The van der Waals surface area contributed by atoms with Gasteiger partial charge in [-0.3, -0.25) is 4.79 Å². The Labute approximate surface area is 213 Å². The number of nitrogens with zero attached hydrogens (tertiary/aromatic N) is 1. The van der Waals surface area contributed by atoms with Gasteiger partial charge in [-0.2, -0.15) is 0 Å². The number of hydrogen-bond donors (Lipinski definition) is 3. The molecule has 3 amide bonds. The van der Waals surface area contributed by atoms with Gasteiger partial charge < -0.3 is 21.3 Å². The van der Waals surface area contributed by atoms with Crippen LogP contribution in [0.1, 0.15) is 6.42 Å². The largest absolute Gasteiger partial charge is 0.326 e. The summed E-state index contributed by atoms with van der Waals surface area (Å²) < 4.78 is 39.2. The molecule has 188 valence electrons. The molecular weight excluding hydrogens is 507 g/mol. The molecule has 1 saturated heterocycles. The Morgan fingerprint density at radius 2 is 1.75 bits per heavy atom. The normalized spacial score (nSPS) is 17.6. The van der Waals surface area contributed by atoms with Crippen LogP contribution in [0.3, 0.4) is 0 Å². The van der Waals surface area contributed by atoms with E-state index in [1.165, 1.54) is 23.1 Å². The summed E-state index contributed by atoms with van der Waals surface area (Å²) >= 11 is 5.87. The lowest BCUT2D eigenvalue weighted by atomic mass is 10.0. The average molecular weight is 531 g/mol. The van der Waals surface area contributed by atoms with Crippen LogP contribution >= 0.6 is 11.6 Å². The van der Waals surface area contributed by atoms with E-state index in [4.69, 9.17) is 17.3 Å². The number of nitrogens with two attached hydrogens (primary N) is 1. The number of urea groups is 1. The van der Waals surface area contributed by atoms with E-state index in [0.717, 1.165) is 12.3 Å². The summed E-state index contributed by atoms with van der Waals surface area (Å²) in [5.41, 5.74) is 7.12. The first-order chi connectivity index (χ1) is 17.0. The number of benzene rings is 3. The summed E-state index contributed by atoms with van der Waals surface area (Å²) in [5.74, 6) is -1.33. The van der Waals surface area contributed by atoms with Gasteiger partial charge in [-0.1, -0.05) is 35.9 Å². The lowest BCUT2D eigenvalue weighted by Gasteiger charge is -2.24. The highest BCUT2D eigenvalue weighted by atomic mass is 35.5. The second-order valence-electron chi connectivity index (χ2n) is 8.55. The minimum atomic E-state index is -3.53. The van der Waals surface area contributed by atoms with Crippen LogP contribution in [0.2, 0.25) is 5.02 Å². The topological polar surface area (TPSA) is 122 Å². The number of carbonyl (C=O) groups excluding carboxylic acids is 2. The number of nitrogens with one attached hydrogen (secondary N) is 2. The Balaban J connectivity index is 1.51. The van der Waals surface area contributed by atoms with Crippen molar-refractivity contribution < 1.29 is 22.4 Å². The number of rotatable bonds is 5. The van der Waals surface area contributed by atoms with Crippen molar-refractivity contribution in [2.45, 2.75) is 23.4 Å². The number of likely N-dealkylation sites (tertiary alicyclic amines) is 1. The summed E-state index contributed by atoms with van der Waals surface area (Å²) in [5, 5.41) is 5.75. The minimum Gasteiger partial charge on any atom is -0.326 e. The van der Waals surface area contributed by atoms with Crippen molar-refractivity contribution in [2.24, 2.45) is 5.73 Å². The molecule has 0 aromatic heterocycles. The van der Waals surface area contributed by atoms with Gasteiger partial charge in [0.2, 0.25) is 5.91 Å². The van der Waals surface area contributed by atoms with Crippen LogP contribution in [-0.4, -0.2) is 50.1 Å². The van der Waals surface area contributed by atoms with E-state index in [1.54, 1.807) is 42.5 Å². The van der Waals surface area contributed by atoms with Crippen LogP contribution < -0.4 is 16.4 Å². The summed E-state index contributed by atoms with van der Waals surface area (Å²) in [4.78, 5) is 27.2. The van der Waals surface area contributed by atoms with E-state index < -0.39 is 39.7 Å². The lowest BCUT2D eigenvalue weighted by molar-refractivity contribution is -0.119. The van der Waals surface area contributed by atoms with E-state index in [9.17, 15) is 22.4 Å².